The molecule has 0 fully saturated rings. The molecule has 0 atom stereocenters. The van der Waals surface area contributed by atoms with E-state index in [1.54, 1.807) is 0 Å². The van der Waals surface area contributed by atoms with Crippen LogP contribution in [-0.2, 0) is 43.0 Å². The van der Waals surface area contributed by atoms with Crippen LogP contribution in [0.3, 0.4) is 0 Å². The van der Waals surface area contributed by atoms with Crippen LogP contribution in [0, 0.1) is 0 Å². The van der Waals surface area contributed by atoms with Gasteiger partial charge in [-0.15, -0.1) is 0 Å². The number of Topliss-reactive ketones (excluding diaryl/α,β-unsaturated/α-hetero) is 2. The molecule has 0 bridgehead atoms. The van der Waals surface area contributed by atoms with Crippen molar-refractivity contribution in [1.82, 2.24) is 9.80 Å². The summed E-state index contributed by atoms with van der Waals surface area (Å²) in [6.45, 7) is 3.11. The summed E-state index contributed by atoms with van der Waals surface area (Å²) < 4.78 is 16.4. The van der Waals surface area contributed by atoms with Crippen LogP contribution in [0.15, 0.2) is 24.3 Å². The van der Waals surface area contributed by atoms with Crippen molar-refractivity contribution >= 4 is 35.2 Å². The number of unbranched alkanes of at least 4 members (excludes halogenated alkanes) is 2. The summed E-state index contributed by atoms with van der Waals surface area (Å²) in [6, 6.07) is 0. The van der Waals surface area contributed by atoms with Gasteiger partial charge in [0.15, 0.2) is 0 Å². The molecule has 0 saturated carbocycles. The van der Waals surface area contributed by atoms with E-state index >= 15 is 0 Å². The lowest BCUT2D eigenvalue weighted by molar-refractivity contribution is -0.139. The minimum atomic E-state index is -0.368. The summed E-state index contributed by atoms with van der Waals surface area (Å²) in [5.41, 5.74) is 0. The van der Waals surface area contributed by atoms with Crippen molar-refractivity contribution in [2.75, 3.05) is 52.7 Å². The standard InChI is InChI=1S/C26H36N2O9/c29-21(11-13-27-23(31)7-8-24(27)32)5-1-3-15-35-17-19-37-20-18-36-16-4-2-6-22(30)12-14-28-25(33)9-10-26(28)34/h7-10H,1-6,11-20H2. The van der Waals surface area contributed by atoms with E-state index in [2.05, 4.69) is 0 Å². The molecule has 0 aromatic heterocycles. The number of nitrogens with zero attached hydrogens (tertiary/aromatic N) is 2. The normalized spacial score (nSPS) is 15.0. The van der Waals surface area contributed by atoms with E-state index in [-0.39, 0.29) is 61.1 Å². The molecule has 0 saturated heterocycles. The van der Waals surface area contributed by atoms with E-state index < -0.39 is 0 Å². The van der Waals surface area contributed by atoms with Crippen molar-refractivity contribution < 1.29 is 43.0 Å². The van der Waals surface area contributed by atoms with Crippen molar-refractivity contribution in [3.05, 3.63) is 24.3 Å². The van der Waals surface area contributed by atoms with E-state index in [0.717, 1.165) is 22.6 Å². The number of ether oxygens (including phenoxy) is 3. The highest BCUT2D eigenvalue weighted by Crippen LogP contribution is 2.08. The maximum absolute atomic E-state index is 11.9. The third-order valence-electron chi connectivity index (χ3n) is 5.76. The Morgan fingerprint density at radius 3 is 1.16 bits per heavy atom. The lowest BCUT2D eigenvalue weighted by atomic mass is 10.1. The monoisotopic (exact) mass is 520 g/mol. The number of amides is 4. The van der Waals surface area contributed by atoms with E-state index in [0.29, 0.717) is 65.3 Å². The van der Waals surface area contributed by atoms with Gasteiger partial charge in [-0.3, -0.25) is 38.6 Å². The Hall–Kier alpha value is -3.02. The molecular weight excluding hydrogens is 484 g/mol. The molecule has 0 aromatic rings. The average Bonchev–Trinajstić information content (AvgIpc) is 3.37. The highest BCUT2D eigenvalue weighted by Gasteiger charge is 2.24. The molecule has 0 aliphatic carbocycles. The first-order valence-electron chi connectivity index (χ1n) is 12.7. The number of rotatable bonds is 22. The van der Waals surface area contributed by atoms with Crippen molar-refractivity contribution in [2.45, 2.75) is 51.4 Å². The van der Waals surface area contributed by atoms with Crippen LogP contribution in [-0.4, -0.2) is 97.7 Å². The van der Waals surface area contributed by atoms with Crippen molar-refractivity contribution in [3.63, 3.8) is 0 Å². The molecule has 204 valence electrons. The number of ketones is 2. The molecule has 4 amide bonds. The Bertz CT molecular complexity index is 775. The van der Waals surface area contributed by atoms with Crippen LogP contribution in [0.2, 0.25) is 0 Å². The van der Waals surface area contributed by atoms with Gasteiger partial charge in [-0.05, 0) is 25.7 Å². The maximum atomic E-state index is 11.9. The summed E-state index contributed by atoms with van der Waals surface area (Å²) >= 11 is 0. The molecular formula is C26H36N2O9. The minimum absolute atomic E-state index is 0.0214. The lowest BCUT2D eigenvalue weighted by Gasteiger charge is -2.12. The van der Waals surface area contributed by atoms with Crippen molar-refractivity contribution in [3.8, 4) is 0 Å². The van der Waals surface area contributed by atoms with Crippen LogP contribution in [0.4, 0.5) is 0 Å². The molecule has 37 heavy (non-hydrogen) atoms. The zero-order valence-electron chi connectivity index (χ0n) is 21.2. The molecule has 0 spiro atoms. The highest BCUT2D eigenvalue weighted by atomic mass is 16.5. The van der Waals surface area contributed by atoms with Gasteiger partial charge in [-0.1, -0.05) is 0 Å². The second-order valence-electron chi connectivity index (χ2n) is 8.65. The Morgan fingerprint density at radius 1 is 0.486 bits per heavy atom. The van der Waals surface area contributed by atoms with E-state index in [1.165, 1.54) is 24.3 Å². The largest absolute Gasteiger partial charge is 0.379 e. The Morgan fingerprint density at radius 2 is 0.811 bits per heavy atom. The third kappa shape index (κ3) is 12.2. The van der Waals surface area contributed by atoms with Gasteiger partial charge in [-0.25, -0.2) is 0 Å². The Labute approximate surface area is 216 Å². The summed E-state index contributed by atoms with van der Waals surface area (Å²) in [6.07, 6.45) is 8.85. The molecule has 0 radical (unpaired) electrons. The molecule has 0 N–H and O–H groups in total. The van der Waals surface area contributed by atoms with Crippen molar-refractivity contribution in [2.24, 2.45) is 0 Å². The number of hydrogen-bond donors (Lipinski definition) is 0. The Kier molecular flexibility index (Phi) is 14.2. The van der Waals surface area contributed by atoms with Crippen LogP contribution >= 0.6 is 0 Å². The van der Waals surface area contributed by atoms with E-state index in [9.17, 15) is 28.8 Å². The number of imide groups is 2. The highest BCUT2D eigenvalue weighted by molar-refractivity contribution is 6.13. The van der Waals surface area contributed by atoms with Gasteiger partial charge in [0.2, 0.25) is 0 Å². The summed E-state index contributed by atoms with van der Waals surface area (Å²) in [4.78, 5) is 71.6. The number of carbonyl (C=O) groups excluding carboxylic acids is 6. The van der Waals surface area contributed by atoms with Crippen LogP contribution in [0.1, 0.15) is 51.4 Å². The van der Waals surface area contributed by atoms with Gasteiger partial charge in [-0.2, -0.15) is 0 Å². The predicted octanol–water partition coefficient (Wildman–Crippen LogP) is 1.15. The predicted molar refractivity (Wildman–Crippen MR) is 131 cm³/mol. The van der Waals surface area contributed by atoms with E-state index in [4.69, 9.17) is 14.2 Å². The van der Waals surface area contributed by atoms with Crippen LogP contribution < -0.4 is 0 Å². The fourth-order valence-electron chi connectivity index (χ4n) is 3.62. The number of carbonyl (C=O) groups is 6. The van der Waals surface area contributed by atoms with Gasteiger partial charge in [0.1, 0.15) is 11.6 Å². The first-order chi connectivity index (χ1) is 17.9. The quantitative estimate of drug-likeness (QED) is 0.152. The Balaban J connectivity index is 1.28. The molecule has 2 aliphatic rings. The zero-order chi connectivity index (χ0) is 26.9. The smallest absolute Gasteiger partial charge is 0.253 e. The lowest BCUT2D eigenvalue weighted by Crippen LogP contribution is -2.32. The van der Waals surface area contributed by atoms with Gasteiger partial charge in [0.25, 0.3) is 23.6 Å². The molecule has 2 rings (SSSR count). The van der Waals surface area contributed by atoms with Crippen LogP contribution in [0.5, 0.6) is 0 Å². The van der Waals surface area contributed by atoms with Gasteiger partial charge in [0, 0.05) is 76.3 Å². The van der Waals surface area contributed by atoms with Gasteiger partial charge >= 0.3 is 0 Å². The molecule has 2 aliphatic heterocycles. The second-order valence-corrected chi connectivity index (χ2v) is 8.65. The summed E-state index contributed by atoms with van der Waals surface area (Å²) in [7, 11) is 0. The number of hydrogen-bond acceptors (Lipinski definition) is 9. The average molecular weight is 521 g/mol. The van der Waals surface area contributed by atoms with Crippen molar-refractivity contribution in [1.29, 1.82) is 0 Å². The van der Waals surface area contributed by atoms with E-state index in [1.807, 2.05) is 0 Å². The molecule has 0 aromatic carbocycles. The molecule has 0 unspecified atom stereocenters. The molecule has 2 heterocycles. The summed E-state index contributed by atoms with van der Waals surface area (Å²) in [5.74, 6) is -1.43. The summed E-state index contributed by atoms with van der Waals surface area (Å²) in [5, 5.41) is 0. The molecule has 11 heteroatoms. The van der Waals surface area contributed by atoms with Gasteiger partial charge in [0.05, 0.1) is 26.4 Å². The maximum Gasteiger partial charge on any atom is 0.253 e. The van der Waals surface area contributed by atoms with Gasteiger partial charge < -0.3 is 14.2 Å². The topological polar surface area (TPSA) is 137 Å². The van der Waals surface area contributed by atoms with Crippen LogP contribution in [0.25, 0.3) is 0 Å². The first kappa shape index (κ1) is 30.2. The fourth-order valence-corrected chi connectivity index (χ4v) is 3.62. The zero-order valence-corrected chi connectivity index (χ0v) is 21.2. The fraction of sp³-hybridized carbons (Fsp3) is 0.615. The second kappa shape index (κ2) is 17.4. The third-order valence-corrected chi connectivity index (χ3v) is 5.76. The minimum Gasteiger partial charge on any atom is -0.379 e. The first-order valence-corrected chi connectivity index (χ1v) is 12.7. The molecule has 11 nitrogen and oxygen atoms in total. The SMILES string of the molecule is O=C(CCCCOCCOCCOCCCCC(=O)CCN1C(=O)C=CC1=O)CCN1C(=O)C=CC1=O.